The summed E-state index contributed by atoms with van der Waals surface area (Å²) in [7, 11) is 0. The van der Waals surface area contributed by atoms with Crippen LogP contribution in [0, 0.1) is 11.8 Å². The standard InChI is InChI=1S/C17H23N3O3/c1-10(2)15(18-11(3)21)17(23)20-14-6-4-5-13(9-14)19-16(22)12-7-8-12/h4-6,9-10,12,15H,7-8H2,1-3H3,(H,18,21)(H,19,22)(H,20,23). The van der Waals surface area contributed by atoms with E-state index in [4.69, 9.17) is 0 Å². The van der Waals surface area contributed by atoms with Crippen LogP contribution in [0.25, 0.3) is 0 Å². The van der Waals surface area contributed by atoms with Crippen LogP contribution in [0.2, 0.25) is 0 Å². The van der Waals surface area contributed by atoms with Gasteiger partial charge < -0.3 is 16.0 Å². The smallest absolute Gasteiger partial charge is 0.247 e. The van der Waals surface area contributed by atoms with Crippen molar-refractivity contribution in [3.8, 4) is 0 Å². The van der Waals surface area contributed by atoms with Gasteiger partial charge in [-0.15, -0.1) is 0 Å². The minimum atomic E-state index is -0.600. The van der Waals surface area contributed by atoms with Gasteiger partial charge in [0.25, 0.3) is 0 Å². The molecule has 1 atom stereocenters. The van der Waals surface area contributed by atoms with Crippen LogP contribution in [0.15, 0.2) is 24.3 Å². The Hall–Kier alpha value is -2.37. The number of benzene rings is 1. The van der Waals surface area contributed by atoms with Crippen LogP contribution < -0.4 is 16.0 Å². The van der Waals surface area contributed by atoms with E-state index in [2.05, 4.69) is 16.0 Å². The predicted molar refractivity (Wildman–Crippen MR) is 88.9 cm³/mol. The van der Waals surface area contributed by atoms with Gasteiger partial charge in [-0.3, -0.25) is 14.4 Å². The minimum Gasteiger partial charge on any atom is -0.344 e. The maximum atomic E-state index is 12.3. The Balaban J connectivity index is 2.01. The number of hydrogen-bond donors (Lipinski definition) is 3. The molecule has 1 unspecified atom stereocenters. The fourth-order valence-electron chi connectivity index (χ4n) is 2.24. The molecule has 1 aromatic rings. The zero-order chi connectivity index (χ0) is 17.0. The second-order valence-corrected chi connectivity index (χ2v) is 6.26. The van der Waals surface area contributed by atoms with E-state index in [0.29, 0.717) is 11.4 Å². The molecule has 3 amide bonds. The first-order valence-corrected chi connectivity index (χ1v) is 7.85. The Morgan fingerprint density at radius 1 is 1.09 bits per heavy atom. The first-order valence-electron chi connectivity index (χ1n) is 7.85. The molecule has 0 saturated heterocycles. The lowest BCUT2D eigenvalue weighted by Crippen LogP contribution is -2.46. The number of carbonyl (C=O) groups excluding carboxylic acids is 3. The van der Waals surface area contributed by atoms with Crippen molar-refractivity contribution in [1.82, 2.24) is 5.32 Å². The van der Waals surface area contributed by atoms with E-state index in [1.807, 2.05) is 13.8 Å². The van der Waals surface area contributed by atoms with E-state index >= 15 is 0 Å². The maximum absolute atomic E-state index is 12.3. The highest BCUT2D eigenvalue weighted by atomic mass is 16.2. The van der Waals surface area contributed by atoms with Gasteiger partial charge >= 0.3 is 0 Å². The lowest BCUT2D eigenvalue weighted by Gasteiger charge is -2.21. The molecule has 3 N–H and O–H groups in total. The van der Waals surface area contributed by atoms with Crippen molar-refractivity contribution in [3.05, 3.63) is 24.3 Å². The number of anilines is 2. The summed E-state index contributed by atoms with van der Waals surface area (Å²) in [6.07, 6.45) is 1.88. The second-order valence-electron chi connectivity index (χ2n) is 6.26. The van der Waals surface area contributed by atoms with Crippen molar-refractivity contribution in [1.29, 1.82) is 0 Å². The molecule has 6 nitrogen and oxygen atoms in total. The van der Waals surface area contributed by atoms with Gasteiger partial charge in [0.15, 0.2) is 0 Å². The van der Waals surface area contributed by atoms with Crippen molar-refractivity contribution >= 4 is 29.1 Å². The SMILES string of the molecule is CC(=O)NC(C(=O)Nc1cccc(NC(=O)C2CC2)c1)C(C)C. The van der Waals surface area contributed by atoms with Gasteiger partial charge in [-0.2, -0.15) is 0 Å². The topological polar surface area (TPSA) is 87.3 Å². The molecule has 0 heterocycles. The Morgan fingerprint density at radius 2 is 1.70 bits per heavy atom. The van der Waals surface area contributed by atoms with Gasteiger partial charge in [-0.1, -0.05) is 19.9 Å². The molecule has 0 bridgehead atoms. The van der Waals surface area contributed by atoms with Crippen LogP contribution in [0.1, 0.15) is 33.6 Å². The van der Waals surface area contributed by atoms with Gasteiger partial charge in [0.05, 0.1) is 0 Å². The van der Waals surface area contributed by atoms with E-state index in [1.165, 1.54) is 6.92 Å². The van der Waals surface area contributed by atoms with Crippen molar-refractivity contribution in [2.24, 2.45) is 11.8 Å². The van der Waals surface area contributed by atoms with Crippen LogP contribution in [-0.4, -0.2) is 23.8 Å². The summed E-state index contributed by atoms with van der Waals surface area (Å²) < 4.78 is 0. The molecule has 0 aromatic heterocycles. The summed E-state index contributed by atoms with van der Waals surface area (Å²) >= 11 is 0. The summed E-state index contributed by atoms with van der Waals surface area (Å²) in [4.78, 5) is 35.3. The third kappa shape index (κ3) is 5.09. The molecule has 2 rings (SSSR count). The number of hydrogen-bond acceptors (Lipinski definition) is 3. The first kappa shape index (κ1) is 17.0. The van der Waals surface area contributed by atoms with Gasteiger partial charge in [-0.25, -0.2) is 0 Å². The van der Waals surface area contributed by atoms with Gasteiger partial charge in [0.2, 0.25) is 17.7 Å². The number of rotatable bonds is 6. The highest BCUT2D eigenvalue weighted by molar-refractivity contribution is 5.98. The van der Waals surface area contributed by atoms with Crippen LogP contribution >= 0.6 is 0 Å². The van der Waals surface area contributed by atoms with Crippen molar-refractivity contribution < 1.29 is 14.4 Å². The summed E-state index contributed by atoms with van der Waals surface area (Å²) in [5.41, 5.74) is 1.24. The summed E-state index contributed by atoms with van der Waals surface area (Å²) in [6.45, 7) is 5.12. The molecule has 1 aromatic carbocycles. The number of nitrogens with one attached hydrogen (secondary N) is 3. The van der Waals surface area contributed by atoms with Crippen LogP contribution in [0.3, 0.4) is 0 Å². The molecule has 1 saturated carbocycles. The molecule has 0 radical (unpaired) electrons. The molecule has 1 fully saturated rings. The minimum absolute atomic E-state index is 0.0202. The zero-order valence-corrected chi connectivity index (χ0v) is 13.7. The van der Waals surface area contributed by atoms with Gasteiger partial charge in [-0.05, 0) is 37.0 Å². The fourth-order valence-corrected chi connectivity index (χ4v) is 2.24. The van der Waals surface area contributed by atoms with Gasteiger partial charge in [0.1, 0.15) is 6.04 Å². The lowest BCUT2D eigenvalue weighted by atomic mass is 10.0. The fraction of sp³-hybridized carbons (Fsp3) is 0.471. The van der Waals surface area contributed by atoms with Crippen LogP contribution in [0.5, 0.6) is 0 Å². The molecular weight excluding hydrogens is 294 g/mol. The summed E-state index contributed by atoms with van der Waals surface area (Å²) in [5, 5.41) is 8.27. The molecule has 1 aliphatic rings. The summed E-state index contributed by atoms with van der Waals surface area (Å²) in [5.74, 6) is -0.410. The Kier molecular flexibility index (Phi) is 5.36. The summed E-state index contributed by atoms with van der Waals surface area (Å²) in [6, 6.07) is 6.40. The van der Waals surface area contributed by atoms with Crippen molar-refractivity contribution in [2.45, 2.75) is 39.7 Å². The Morgan fingerprint density at radius 3 is 2.22 bits per heavy atom. The normalized spacial score (nSPS) is 15.0. The Labute approximate surface area is 136 Å². The van der Waals surface area contributed by atoms with Crippen molar-refractivity contribution in [3.63, 3.8) is 0 Å². The molecule has 124 valence electrons. The molecule has 23 heavy (non-hydrogen) atoms. The first-order chi connectivity index (χ1) is 10.9. The van der Waals surface area contributed by atoms with E-state index in [-0.39, 0.29) is 29.6 Å². The molecule has 6 heteroatoms. The van der Waals surface area contributed by atoms with Crippen LogP contribution in [0.4, 0.5) is 11.4 Å². The van der Waals surface area contributed by atoms with E-state index in [9.17, 15) is 14.4 Å². The largest absolute Gasteiger partial charge is 0.344 e. The average molecular weight is 317 g/mol. The van der Waals surface area contributed by atoms with Crippen LogP contribution in [-0.2, 0) is 14.4 Å². The average Bonchev–Trinajstić information content (AvgIpc) is 3.29. The van der Waals surface area contributed by atoms with E-state index < -0.39 is 6.04 Å². The molecule has 0 spiro atoms. The molecular formula is C17H23N3O3. The highest BCUT2D eigenvalue weighted by Crippen LogP contribution is 2.30. The third-order valence-corrected chi connectivity index (χ3v) is 3.65. The predicted octanol–water partition coefficient (Wildman–Crippen LogP) is 2.13. The molecule has 0 aliphatic heterocycles. The number of amides is 3. The quantitative estimate of drug-likeness (QED) is 0.751. The van der Waals surface area contributed by atoms with E-state index in [1.54, 1.807) is 24.3 Å². The third-order valence-electron chi connectivity index (χ3n) is 3.65. The highest BCUT2D eigenvalue weighted by Gasteiger charge is 2.29. The van der Waals surface area contributed by atoms with E-state index in [0.717, 1.165) is 12.8 Å². The lowest BCUT2D eigenvalue weighted by molar-refractivity contribution is -0.126. The number of carbonyl (C=O) groups is 3. The van der Waals surface area contributed by atoms with Gasteiger partial charge in [0, 0.05) is 24.2 Å². The monoisotopic (exact) mass is 317 g/mol. The molecule has 1 aliphatic carbocycles. The van der Waals surface area contributed by atoms with Crippen molar-refractivity contribution in [2.75, 3.05) is 10.6 Å². The Bertz CT molecular complexity index is 609. The maximum Gasteiger partial charge on any atom is 0.247 e. The second kappa shape index (κ2) is 7.26. The zero-order valence-electron chi connectivity index (χ0n) is 13.7.